The van der Waals surface area contributed by atoms with Crippen LogP contribution >= 0.6 is 0 Å². The maximum atomic E-state index is 12.7. The summed E-state index contributed by atoms with van der Waals surface area (Å²) >= 11 is 0. The van der Waals surface area contributed by atoms with E-state index >= 15 is 0 Å². The molecule has 0 aliphatic rings. The lowest BCUT2D eigenvalue weighted by molar-refractivity contribution is -0.382. The van der Waals surface area contributed by atoms with Crippen molar-refractivity contribution in [2.45, 2.75) is 0 Å². The molecule has 0 spiro atoms. The number of carbonyl (C=O) groups is 1. The largest absolute Gasteiger partial charge is 0.493 e. The molecule has 11 heteroatoms. The predicted molar refractivity (Wildman–Crippen MR) is 106 cm³/mol. The van der Waals surface area contributed by atoms with Gasteiger partial charge in [0.2, 0.25) is 0 Å². The van der Waals surface area contributed by atoms with Crippen molar-refractivity contribution >= 4 is 33.6 Å². The molecule has 3 N–H and O–H groups in total. The fraction of sp³-hybridized carbons (Fsp3) is 0.105. The van der Waals surface area contributed by atoms with Gasteiger partial charge in [-0.25, -0.2) is 9.78 Å². The highest BCUT2D eigenvalue weighted by atomic mass is 16.6. The van der Waals surface area contributed by atoms with Gasteiger partial charge in [0.1, 0.15) is 5.69 Å². The van der Waals surface area contributed by atoms with Gasteiger partial charge in [0, 0.05) is 12.1 Å². The van der Waals surface area contributed by atoms with Crippen LogP contribution in [0.25, 0.3) is 33.3 Å². The average molecular weight is 410 g/mol. The molecule has 0 bridgehead atoms. The molecule has 152 valence electrons. The normalized spacial score (nSPS) is 11.0. The molecule has 0 aliphatic heterocycles. The number of aromatic carboxylic acids is 1. The maximum Gasteiger partial charge on any atom is 0.335 e. The topological polar surface area (TPSA) is 160 Å². The Hall–Kier alpha value is -4.41. The predicted octanol–water partition coefficient (Wildman–Crippen LogP) is 2.70. The van der Waals surface area contributed by atoms with E-state index in [1.807, 2.05) is 0 Å². The molecule has 0 radical (unpaired) electrons. The summed E-state index contributed by atoms with van der Waals surface area (Å²) in [7, 11) is 2.89. The Morgan fingerprint density at radius 2 is 1.80 bits per heavy atom. The van der Waals surface area contributed by atoms with E-state index < -0.39 is 22.1 Å². The van der Waals surface area contributed by atoms with Crippen LogP contribution in [-0.4, -0.2) is 45.2 Å². The third-order valence-electron chi connectivity index (χ3n) is 4.63. The van der Waals surface area contributed by atoms with Gasteiger partial charge >= 0.3 is 11.7 Å². The molecule has 4 aromatic rings. The number of hydrogen-bond donors (Lipinski definition) is 3. The quantitative estimate of drug-likeness (QED) is 0.334. The van der Waals surface area contributed by atoms with Crippen molar-refractivity contribution in [2.75, 3.05) is 14.2 Å². The zero-order valence-corrected chi connectivity index (χ0v) is 15.7. The third kappa shape index (κ3) is 2.89. The molecule has 30 heavy (non-hydrogen) atoms. The molecular weight excluding hydrogens is 396 g/mol. The molecule has 0 atom stereocenters. The maximum absolute atomic E-state index is 12.7. The molecule has 0 aliphatic carbocycles. The van der Waals surface area contributed by atoms with Crippen LogP contribution in [0.1, 0.15) is 10.4 Å². The van der Waals surface area contributed by atoms with Gasteiger partial charge in [-0.3, -0.25) is 14.9 Å². The first-order chi connectivity index (χ1) is 14.3. The molecule has 0 unspecified atom stereocenters. The minimum atomic E-state index is -1.23. The van der Waals surface area contributed by atoms with Crippen LogP contribution in [-0.2, 0) is 0 Å². The highest BCUT2D eigenvalue weighted by molar-refractivity contribution is 6.01. The Morgan fingerprint density at radius 3 is 2.43 bits per heavy atom. The first-order valence-corrected chi connectivity index (χ1v) is 8.54. The Kier molecular flexibility index (Phi) is 4.34. The van der Waals surface area contributed by atoms with Crippen molar-refractivity contribution in [3.8, 4) is 22.9 Å². The number of fused-ring (bicyclic) bond motifs is 2. The van der Waals surface area contributed by atoms with Crippen LogP contribution in [0.4, 0.5) is 5.69 Å². The number of rotatable bonds is 5. The monoisotopic (exact) mass is 410 g/mol. The van der Waals surface area contributed by atoms with Crippen molar-refractivity contribution < 1.29 is 24.3 Å². The van der Waals surface area contributed by atoms with Crippen LogP contribution in [0, 0.1) is 10.1 Å². The fourth-order valence-electron chi connectivity index (χ4n) is 3.25. The van der Waals surface area contributed by atoms with E-state index in [1.165, 1.54) is 44.6 Å². The SMILES string of the molecule is COc1cc2nc(-c3[nH]c4ccc(C(=O)O)cc4c3[N+](=O)[O-])c(=O)[nH]c2cc1OC. The number of nitrogens with one attached hydrogen (secondary N) is 2. The summed E-state index contributed by atoms with van der Waals surface area (Å²) in [6.07, 6.45) is 0. The summed E-state index contributed by atoms with van der Waals surface area (Å²) in [6.45, 7) is 0. The summed E-state index contributed by atoms with van der Waals surface area (Å²) in [5.41, 5.74) is -0.586. The molecule has 2 heterocycles. The van der Waals surface area contributed by atoms with Crippen molar-refractivity contribution in [1.82, 2.24) is 15.0 Å². The number of nitro groups is 1. The van der Waals surface area contributed by atoms with Gasteiger partial charge in [-0.2, -0.15) is 0 Å². The summed E-state index contributed by atoms with van der Waals surface area (Å²) in [4.78, 5) is 44.8. The van der Waals surface area contributed by atoms with Crippen molar-refractivity contribution in [3.05, 3.63) is 56.4 Å². The van der Waals surface area contributed by atoms with E-state index in [9.17, 15) is 24.8 Å². The first kappa shape index (κ1) is 18.9. The van der Waals surface area contributed by atoms with E-state index in [0.717, 1.165) is 0 Å². The molecule has 11 nitrogen and oxygen atoms in total. The number of aromatic amines is 2. The number of methoxy groups -OCH3 is 2. The smallest absolute Gasteiger partial charge is 0.335 e. The molecule has 2 aromatic heterocycles. The van der Waals surface area contributed by atoms with Crippen molar-refractivity contribution in [1.29, 1.82) is 0 Å². The standard InChI is InChI=1S/C19H14N4O7/c1-29-13-6-11-12(7-14(13)30-2)22-18(24)16(21-11)15-17(23(27)28)9-5-8(19(25)26)3-4-10(9)20-15/h3-7,20H,1-2H3,(H,22,24)(H,25,26). The van der Waals surface area contributed by atoms with Crippen LogP contribution in [0.2, 0.25) is 0 Å². The zero-order valence-electron chi connectivity index (χ0n) is 15.7. The van der Waals surface area contributed by atoms with Crippen LogP contribution in [0.3, 0.4) is 0 Å². The van der Waals surface area contributed by atoms with Crippen LogP contribution in [0.15, 0.2) is 35.1 Å². The van der Waals surface area contributed by atoms with Gasteiger partial charge in [0.15, 0.2) is 17.2 Å². The lowest BCUT2D eigenvalue weighted by Crippen LogP contribution is -2.12. The minimum Gasteiger partial charge on any atom is -0.493 e. The number of nitrogens with zero attached hydrogens (tertiary/aromatic N) is 2. The third-order valence-corrected chi connectivity index (χ3v) is 4.63. The Labute approximate surface area is 167 Å². The number of ether oxygens (including phenoxy) is 2. The molecule has 0 saturated carbocycles. The molecule has 2 aromatic carbocycles. The summed E-state index contributed by atoms with van der Waals surface area (Å²) < 4.78 is 10.4. The second-order valence-electron chi connectivity index (χ2n) is 6.31. The van der Waals surface area contributed by atoms with Gasteiger partial charge in [0.05, 0.1) is 46.6 Å². The van der Waals surface area contributed by atoms with Crippen molar-refractivity contribution in [3.63, 3.8) is 0 Å². The molecular formula is C19H14N4O7. The number of aromatic nitrogens is 3. The molecule has 0 amide bonds. The van der Waals surface area contributed by atoms with E-state index in [2.05, 4.69) is 15.0 Å². The molecule has 0 saturated heterocycles. The Balaban J connectivity index is 2.02. The van der Waals surface area contributed by atoms with Gasteiger partial charge in [-0.15, -0.1) is 0 Å². The van der Waals surface area contributed by atoms with Crippen LogP contribution < -0.4 is 15.0 Å². The molecule has 0 fully saturated rings. The number of carboxylic acid groups (broad SMARTS) is 1. The van der Waals surface area contributed by atoms with Gasteiger partial charge in [-0.1, -0.05) is 0 Å². The highest BCUT2D eigenvalue weighted by Gasteiger charge is 2.27. The number of hydrogen-bond acceptors (Lipinski definition) is 7. The summed E-state index contributed by atoms with van der Waals surface area (Å²) in [5, 5.41) is 21.0. The summed E-state index contributed by atoms with van der Waals surface area (Å²) in [5.74, 6) is -0.475. The number of carboxylic acids is 1. The fourth-order valence-corrected chi connectivity index (χ4v) is 3.25. The minimum absolute atomic E-state index is 0.0588. The second-order valence-corrected chi connectivity index (χ2v) is 6.31. The molecule has 4 rings (SSSR count). The summed E-state index contributed by atoms with van der Waals surface area (Å²) in [6, 6.07) is 6.96. The Bertz CT molecular complexity index is 1400. The van der Waals surface area contributed by atoms with Gasteiger partial charge < -0.3 is 24.5 Å². The van der Waals surface area contributed by atoms with E-state index in [4.69, 9.17) is 9.47 Å². The van der Waals surface area contributed by atoms with E-state index in [-0.39, 0.29) is 22.3 Å². The number of benzene rings is 2. The first-order valence-electron chi connectivity index (χ1n) is 8.54. The van der Waals surface area contributed by atoms with Crippen molar-refractivity contribution in [2.24, 2.45) is 0 Å². The van der Waals surface area contributed by atoms with Gasteiger partial charge in [0.25, 0.3) is 5.56 Å². The Morgan fingerprint density at radius 1 is 1.10 bits per heavy atom. The van der Waals surface area contributed by atoms with Crippen LogP contribution in [0.5, 0.6) is 11.5 Å². The lowest BCUT2D eigenvalue weighted by atomic mass is 10.1. The number of H-pyrrole nitrogens is 2. The lowest BCUT2D eigenvalue weighted by Gasteiger charge is -2.09. The van der Waals surface area contributed by atoms with E-state index in [0.29, 0.717) is 28.0 Å². The zero-order chi connectivity index (χ0) is 21.6. The second kappa shape index (κ2) is 6.88. The average Bonchev–Trinajstić information content (AvgIpc) is 3.10. The van der Waals surface area contributed by atoms with Gasteiger partial charge in [-0.05, 0) is 18.2 Å². The highest BCUT2D eigenvalue weighted by Crippen LogP contribution is 2.36. The van der Waals surface area contributed by atoms with E-state index in [1.54, 1.807) is 0 Å².